The van der Waals surface area contributed by atoms with Gasteiger partial charge in [-0.1, -0.05) is 30.3 Å². The molecular weight excluding hydrogens is 254 g/mol. The van der Waals surface area contributed by atoms with Crippen LogP contribution in [0.15, 0.2) is 30.3 Å². The van der Waals surface area contributed by atoms with Crippen LogP contribution < -0.4 is 0 Å². The van der Waals surface area contributed by atoms with Crippen LogP contribution in [0.4, 0.5) is 0 Å². The Labute approximate surface area is 120 Å². The van der Waals surface area contributed by atoms with Gasteiger partial charge in [0.05, 0.1) is 31.3 Å². The van der Waals surface area contributed by atoms with Gasteiger partial charge >= 0.3 is 0 Å². The molecule has 2 saturated heterocycles. The minimum atomic E-state index is -0.223. The van der Waals surface area contributed by atoms with E-state index in [1.807, 2.05) is 18.2 Å². The second-order valence-corrected chi connectivity index (χ2v) is 6.23. The van der Waals surface area contributed by atoms with Crippen LogP contribution in [-0.2, 0) is 4.74 Å². The van der Waals surface area contributed by atoms with E-state index in [2.05, 4.69) is 17.0 Å². The van der Waals surface area contributed by atoms with Crippen molar-refractivity contribution in [3.05, 3.63) is 35.9 Å². The van der Waals surface area contributed by atoms with Gasteiger partial charge in [0.2, 0.25) is 0 Å². The molecule has 2 atom stereocenters. The van der Waals surface area contributed by atoms with Crippen LogP contribution >= 0.6 is 0 Å². The molecule has 0 unspecified atom stereocenters. The Morgan fingerprint density at radius 3 is 2.60 bits per heavy atom. The number of benzene rings is 1. The van der Waals surface area contributed by atoms with Gasteiger partial charge in [-0.15, -0.1) is 0 Å². The van der Waals surface area contributed by atoms with Crippen molar-refractivity contribution in [2.45, 2.75) is 25.0 Å². The maximum Gasteiger partial charge on any atom is 0.0579 e. The zero-order valence-electron chi connectivity index (χ0n) is 11.7. The lowest BCUT2D eigenvalue weighted by Gasteiger charge is -2.47. The maximum absolute atomic E-state index is 9.98. The molecule has 20 heavy (non-hydrogen) atoms. The molecule has 0 aromatic heterocycles. The lowest BCUT2D eigenvalue weighted by Crippen LogP contribution is -2.55. The van der Waals surface area contributed by atoms with Crippen molar-refractivity contribution in [1.82, 2.24) is 4.90 Å². The van der Waals surface area contributed by atoms with Crippen molar-refractivity contribution < 1.29 is 14.9 Å². The summed E-state index contributed by atoms with van der Waals surface area (Å²) in [5, 5.41) is 19.6. The Hall–Kier alpha value is -0.940. The third-order valence-electron chi connectivity index (χ3n) is 4.56. The summed E-state index contributed by atoms with van der Waals surface area (Å²) in [4.78, 5) is 2.40. The topological polar surface area (TPSA) is 52.9 Å². The van der Waals surface area contributed by atoms with Crippen molar-refractivity contribution >= 4 is 0 Å². The summed E-state index contributed by atoms with van der Waals surface area (Å²) in [7, 11) is 0. The van der Waals surface area contributed by atoms with Gasteiger partial charge in [-0.25, -0.2) is 0 Å². The number of hydrogen-bond acceptors (Lipinski definition) is 4. The van der Waals surface area contributed by atoms with E-state index in [0.29, 0.717) is 13.2 Å². The number of hydrogen-bond donors (Lipinski definition) is 2. The SMILES string of the molecule is OCC1(CN2CC[C@@H](O)C[C@H]2c2ccccc2)COC1. The highest BCUT2D eigenvalue weighted by Gasteiger charge is 2.42. The summed E-state index contributed by atoms with van der Waals surface area (Å²) < 4.78 is 5.30. The fourth-order valence-electron chi connectivity index (χ4n) is 3.26. The van der Waals surface area contributed by atoms with E-state index in [4.69, 9.17) is 4.74 Å². The van der Waals surface area contributed by atoms with Crippen LogP contribution in [0.3, 0.4) is 0 Å². The predicted octanol–water partition coefficient (Wildman–Crippen LogP) is 1.19. The van der Waals surface area contributed by atoms with E-state index < -0.39 is 0 Å². The number of aliphatic hydroxyl groups is 2. The Morgan fingerprint density at radius 2 is 2.00 bits per heavy atom. The quantitative estimate of drug-likeness (QED) is 0.868. The summed E-state index contributed by atoms with van der Waals surface area (Å²) in [6, 6.07) is 10.6. The Balaban J connectivity index is 1.76. The van der Waals surface area contributed by atoms with Crippen molar-refractivity contribution in [3.63, 3.8) is 0 Å². The van der Waals surface area contributed by atoms with Crippen LogP contribution in [0.25, 0.3) is 0 Å². The second-order valence-electron chi connectivity index (χ2n) is 6.23. The molecule has 1 aromatic rings. The second kappa shape index (κ2) is 5.82. The average molecular weight is 277 g/mol. The molecule has 2 heterocycles. The third-order valence-corrected chi connectivity index (χ3v) is 4.56. The van der Waals surface area contributed by atoms with E-state index >= 15 is 0 Å². The minimum Gasteiger partial charge on any atom is -0.396 e. The minimum absolute atomic E-state index is 0.102. The normalized spacial score (nSPS) is 29.9. The molecule has 4 heteroatoms. The summed E-state index contributed by atoms with van der Waals surface area (Å²) >= 11 is 0. The zero-order valence-corrected chi connectivity index (χ0v) is 11.7. The Bertz CT molecular complexity index is 427. The monoisotopic (exact) mass is 277 g/mol. The predicted molar refractivity (Wildman–Crippen MR) is 76.3 cm³/mol. The first kappa shape index (κ1) is 14.0. The van der Waals surface area contributed by atoms with Gasteiger partial charge in [0.25, 0.3) is 0 Å². The van der Waals surface area contributed by atoms with Gasteiger partial charge in [0.1, 0.15) is 0 Å². The smallest absolute Gasteiger partial charge is 0.0579 e. The van der Waals surface area contributed by atoms with E-state index in [1.165, 1.54) is 5.56 Å². The summed E-state index contributed by atoms with van der Waals surface area (Å²) in [6.45, 7) is 3.18. The highest BCUT2D eigenvalue weighted by Crippen LogP contribution is 2.36. The van der Waals surface area contributed by atoms with Crippen molar-refractivity contribution in [1.29, 1.82) is 0 Å². The molecular formula is C16H23NO3. The zero-order chi connectivity index (χ0) is 14.0. The van der Waals surface area contributed by atoms with Crippen molar-refractivity contribution in [2.75, 3.05) is 32.9 Å². The molecule has 0 spiro atoms. The molecule has 0 bridgehead atoms. The first-order chi connectivity index (χ1) is 9.72. The van der Waals surface area contributed by atoms with Crippen LogP contribution in [-0.4, -0.2) is 54.1 Å². The lowest BCUT2D eigenvalue weighted by molar-refractivity contribution is -0.156. The van der Waals surface area contributed by atoms with Gasteiger partial charge in [-0.3, -0.25) is 4.90 Å². The van der Waals surface area contributed by atoms with Crippen molar-refractivity contribution in [3.8, 4) is 0 Å². The fraction of sp³-hybridized carbons (Fsp3) is 0.625. The van der Waals surface area contributed by atoms with E-state index in [9.17, 15) is 10.2 Å². The molecule has 2 aliphatic rings. The Morgan fingerprint density at radius 1 is 1.25 bits per heavy atom. The van der Waals surface area contributed by atoms with Crippen LogP contribution in [0.1, 0.15) is 24.4 Å². The van der Waals surface area contributed by atoms with E-state index in [1.54, 1.807) is 0 Å². The number of nitrogens with zero attached hydrogens (tertiary/aromatic N) is 1. The first-order valence-corrected chi connectivity index (χ1v) is 7.38. The molecule has 2 fully saturated rings. The van der Waals surface area contributed by atoms with Gasteiger partial charge in [-0.2, -0.15) is 0 Å². The van der Waals surface area contributed by atoms with E-state index in [0.717, 1.165) is 25.9 Å². The molecule has 2 N–H and O–H groups in total. The molecule has 110 valence electrons. The number of rotatable bonds is 4. The molecule has 2 aliphatic heterocycles. The summed E-state index contributed by atoms with van der Waals surface area (Å²) in [5.41, 5.74) is 1.15. The number of piperidine rings is 1. The standard InChI is InChI=1S/C16H23NO3/c18-10-16(11-20-12-16)9-17-7-6-14(19)8-15(17)13-4-2-1-3-5-13/h1-5,14-15,18-19H,6-12H2/t14-,15+/m1/s1. The molecule has 4 nitrogen and oxygen atoms in total. The van der Waals surface area contributed by atoms with Gasteiger partial charge < -0.3 is 14.9 Å². The lowest BCUT2D eigenvalue weighted by atomic mass is 9.83. The maximum atomic E-state index is 9.98. The van der Waals surface area contributed by atoms with Crippen LogP contribution in [0.2, 0.25) is 0 Å². The molecule has 0 amide bonds. The molecule has 0 aliphatic carbocycles. The molecule has 1 aromatic carbocycles. The van der Waals surface area contributed by atoms with Crippen LogP contribution in [0.5, 0.6) is 0 Å². The number of ether oxygens (including phenoxy) is 1. The van der Waals surface area contributed by atoms with Gasteiger partial charge in [-0.05, 0) is 18.4 Å². The third kappa shape index (κ3) is 2.74. The van der Waals surface area contributed by atoms with Crippen LogP contribution in [0, 0.1) is 5.41 Å². The summed E-state index contributed by atoms with van der Waals surface area (Å²) in [5.74, 6) is 0. The highest BCUT2D eigenvalue weighted by molar-refractivity contribution is 5.20. The fourth-order valence-corrected chi connectivity index (χ4v) is 3.26. The Kier molecular flexibility index (Phi) is 4.08. The molecule has 0 radical (unpaired) electrons. The number of likely N-dealkylation sites (tertiary alicyclic amines) is 1. The van der Waals surface area contributed by atoms with E-state index in [-0.39, 0.29) is 24.2 Å². The average Bonchev–Trinajstić information content (AvgIpc) is 2.45. The molecule has 0 saturated carbocycles. The largest absolute Gasteiger partial charge is 0.396 e. The summed E-state index contributed by atoms with van der Waals surface area (Å²) in [6.07, 6.45) is 1.36. The molecule has 3 rings (SSSR count). The van der Waals surface area contributed by atoms with Gasteiger partial charge in [0, 0.05) is 19.1 Å². The van der Waals surface area contributed by atoms with Gasteiger partial charge in [0.15, 0.2) is 0 Å². The van der Waals surface area contributed by atoms with Crippen molar-refractivity contribution in [2.24, 2.45) is 5.41 Å². The first-order valence-electron chi connectivity index (χ1n) is 7.38. The highest BCUT2D eigenvalue weighted by atomic mass is 16.5. The number of aliphatic hydroxyl groups excluding tert-OH is 2.